The fourth-order valence-electron chi connectivity index (χ4n) is 5.82. The first-order valence-corrected chi connectivity index (χ1v) is 12.6. The molecule has 8 aromatic rings. The van der Waals surface area contributed by atoms with E-state index in [1.807, 2.05) is 24.4 Å². The monoisotopic (exact) mass is 470 g/mol. The maximum Gasteiger partial charge on any atom is 0.137 e. The van der Waals surface area contributed by atoms with E-state index in [9.17, 15) is 0 Å². The summed E-state index contributed by atoms with van der Waals surface area (Å²) in [4.78, 5) is 4.79. The lowest BCUT2D eigenvalue weighted by Crippen LogP contribution is -1.89. The maximum atomic E-state index is 4.79. The van der Waals surface area contributed by atoms with Gasteiger partial charge in [0.15, 0.2) is 0 Å². The molecule has 0 radical (unpaired) electrons. The summed E-state index contributed by atoms with van der Waals surface area (Å²) in [5, 5.41) is 7.85. The van der Waals surface area contributed by atoms with Crippen molar-refractivity contribution in [3.05, 3.63) is 134 Å². The second-order valence-electron chi connectivity index (χ2n) is 9.68. The van der Waals surface area contributed by atoms with Gasteiger partial charge in [0.05, 0.1) is 5.69 Å². The van der Waals surface area contributed by atoms with Crippen molar-refractivity contribution in [3.8, 4) is 33.5 Å². The third-order valence-electron chi connectivity index (χ3n) is 7.61. The van der Waals surface area contributed by atoms with Gasteiger partial charge in [0, 0.05) is 18.0 Å². The predicted octanol–water partition coefficient (Wildman–Crippen LogP) is 9.23. The summed E-state index contributed by atoms with van der Waals surface area (Å²) in [5.41, 5.74) is 8.08. The number of nitrogens with zero attached hydrogens (tertiary/aromatic N) is 2. The summed E-state index contributed by atoms with van der Waals surface area (Å²) in [6, 6.07) is 43.8. The van der Waals surface area contributed by atoms with Gasteiger partial charge in [-0.25, -0.2) is 4.98 Å². The van der Waals surface area contributed by atoms with Crippen LogP contribution in [0.3, 0.4) is 0 Å². The molecule has 2 heterocycles. The molecule has 0 fully saturated rings. The topological polar surface area (TPSA) is 17.3 Å². The predicted molar refractivity (Wildman–Crippen MR) is 155 cm³/mol. The zero-order valence-electron chi connectivity index (χ0n) is 20.1. The third-order valence-corrected chi connectivity index (χ3v) is 7.61. The Labute approximate surface area is 214 Å². The Hall–Kier alpha value is -4.95. The van der Waals surface area contributed by atoms with Crippen LogP contribution in [0.15, 0.2) is 134 Å². The van der Waals surface area contributed by atoms with Crippen molar-refractivity contribution in [2.24, 2.45) is 0 Å². The highest BCUT2D eigenvalue weighted by Crippen LogP contribution is 2.42. The van der Waals surface area contributed by atoms with Crippen LogP contribution in [-0.4, -0.2) is 9.38 Å². The van der Waals surface area contributed by atoms with Gasteiger partial charge >= 0.3 is 0 Å². The number of imidazole rings is 1. The molecule has 172 valence electrons. The first kappa shape index (κ1) is 20.3. The summed E-state index contributed by atoms with van der Waals surface area (Å²) < 4.78 is 2.06. The zero-order valence-corrected chi connectivity index (χ0v) is 20.1. The number of hydrogen-bond acceptors (Lipinski definition) is 1. The van der Waals surface area contributed by atoms with Crippen LogP contribution in [0.2, 0.25) is 0 Å². The molecule has 0 aliphatic heterocycles. The third kappa shape index (κ3) is 3.09. The van der Waals surface area contributed by atoms with Crippen molar-refractivity contribution in [1.82, 2.24) is 9.38 Å². The normalized spacial score (nSPS) is 11.8. The summed E-state index contributed by atoms with van der Waals surface area (Å²) >= 11 is 0. The van der Waals surface area contributed by atoms with Crippen molar-refractivity contribution in [1.29, 1.82) is 0 Å². The first-order chi connectivity index (χ1) is 18.3. The Morgan fingerprint density at radius 1 is 0.459 bits per heavy atom. The second-order valence-corrected chi connectivity index (χ2v) is 9.68. The molecule has 2 heteroatoms. The molecule has 0 atom stereocenters. The first-order valence-electron chi connectivity index (χ1n) is 12.6. The standard InChI is InChI=1S/C35H22N2/c1-2-6-23(7-3-1)28-17-13-26-16-20-31-29(18-14-27-15-19-30(28)34(26)35(27)31)24-9-11-25(12-10-24)32-22-37-21-5-4-8-33(37)36-32/h1-22H. The molecule has 0 aliphatic rings. The van der Waals surface area contributed by atoms with Gasteiger partial charge in [-0.05, 0) is 66.7 Å². The molecule has 0 unspecified atom stereocenters. The average Bonchev–Trinajstić information content (AvgIpc) is 3.41. The highest BCUT2D eigenvalue weighted by atomic mass is 15.0. The van der Waals surface area contributed by atoms with Gasteiger partial charge in [-0.2, -0.15) is 0 Å². The van der Waals surface area contributed by atoms with E-state index in [0.29, 0.717) is 0 Å². The SMILES string of the molecule is c1ccc(-c2ccc3ccc4c(-c5ccc(-c6cn7ccccc7n6)cc5)ccc5ccc2c3c54)cc1. The lowest BCUT2D eigenvalue weighted by atomic mass is 9.87. The van der Waals surface area contributed by atoms with Crippen molar-refractivity contribution < 1.29 is 0 Å². The Morgan fingerprint density at radius 3 is 1.68 bits per heavy atom. The Kier molecular flexibility index (Phi) is 4.26. The molecular formula is C35H22N2. The lowest BCUT2D eigenvalue weighted by Gasteiger charge is -2.16. The van der Waals surface area contributed by atoms with Crippen molar-refractivity contribution >= 4 is 38.0 Å². The van der Waals surface area contributed by atoms with Crippen molar-refractivity contribution in [2.75, 3.05) is 0 Å². The van der Waals surface area contributed by atoms with Crippen LogP contribution in [0, 0.1) is 0 Å². The number of pyridine rings is 1. The molecular weight excluding hydrogens is 448 g/mol. The van der Waals surface area contributed by atoms with E-state index in [0.717, 1.165) is 16.9 Å². The van der Waals surface area contributed by atoms with Crippen LogP contribution < -0.4 is 0 Å². The van der Waals surface area contributed by atoms with Gasteiger partial charge in [0.1, 0.15) is 5.65 Å². The van der Waals surface area contributed by atoms with Gasteiger partial charge in [-0.1, -0.05) is 109 Å². The van der Waals surface area contributed by atoms with E-state index in [4.69, 9.17) is 4.98 Å². The molecule has 0 saturated carbocycles. The molecule has 8 rings (SSSR count). The van der Waals surface area contributed by atoms with Gasteiger partial charge in [0.2, 0.25) is 0 Å². The number of fused-ring (bicyclic) bond motifs is 1. The summed E-state index contributed by atoms with van der Waals surface area (Å²) in [6.45, 7) is 0. The lowest BCUT2D eigenvalue weighted by molar-refractivity contribution is 1.19. The van der Waals surface area contributed by atoms with E-state index < -0.39 is 0 Å². The molecule has 0 amide bonds. The highest BCUT2D eigenvalue weighted by Gasteiger charge is 2.15. The van der Waals surface area contributed by atoms with Crippen LogP contribution in [-0.2, 0) is 0 Å². The molecule has 0 bridgehead atoms. The molecule has 6 aromatic carbocycles. The minimum absolute atomic E-state index is 0.961. The number of rotatable bonds is 3. The Bertz CT molecular complexity index is 2030. The fourth-order valence-corrected chi connectivity index (χ4v) is 5.82. The molecule has 0 spiro atoms. The second kappa shape index (κ2) is 7.78. The van der Waals surface area contributed by atoms with E-state index in [-0.39, 0.29) is 0 Å². The quantitative estimate of drug-likeness (QED) is 0.235. The van der Waals surface area contributed by atoms with E-state index in [1.165, 1.54) is 54.6 Å². The summed E-state index contributed by atoms with van der Waals surface area (Å²) in [6.07, 6.45) is 4.12. The van der Waals surface area contributed by atoms with Gasteiger partial charge in [-0.15, -0.1) is 0 Å². The van der Waals surface area contributed by atoms with Crippen LogP contribution >= 0.6 is 0 Å². The molecule has 2 nitrogen and oxygen atoms in total. The molecule has 2 aromatic heterocycles. The Balaban J connectivity index is 1.30. The molecule has 0 aliphatic carbocycles. The largest absolute Gasteiger partial charge is 0.306 e. The number of benzene rings is 6. The minimum atomic E-state index is 0.961. The fraction of sp³-hybridized carbons (Fsp3) is 0. The minimum Gasteiger partial charge on any atom is -0.306 e. The van der Waals surface area contributed by atoms with Crippen LogP contribution in [0.25, 0.3) is 71.5 Å². The zero-order chi connectivity index (χ0) is 24.3. The Morgan fingerprint density at radius 2 is 1.03 bits per heavy atom. The van der Waals surface area contributed by atoms with E-state index >= 15 is 0 Å². The van der Waals surface area contributed by atoms with Crippen molar-refractivity contribution in [2.45, 2.75) is 0 Å². The average molecular weight is 471 g/mol. The van der Waals surface area contributed by atoms with Crippen LogP contribution in [0.5, 0.6) is 0 Å². The molecule has 0 N–H and O–H groups in total. The maximum absolute atomic E-state index is 4.79. The van der Waals surface area contributed by atoms with Crippen molar-refractivity contribution in [3.63, 3.8) is 0 Å². The molecule has 37 heavy (non-hydrogen) atoms. The number of hydrogen-bond donors (Lipinski definition) is 0. The highest BCUT2D eigenvalue weighted by molar-refractivity contribution is 6.27. The number of aromatic nitrogens is 2. The summed E-state index contributed by atoms with van der Waals surface area (Å²) in [7, 11) is 0. The van der Waals surface area contributed by atoms with Crippen LogP contribution in [0.4, 0.5) is 0 Å². The van der Waals surface area contributed by atoms with Crippen LogP contribution in [0.1, 0.15) is 0 Å². The van der Waals surface area contributed by atoms with E-state index in [2.05, 4.69) is 114 Å². The molecule has 0 saturated heterocycles. The smallest absolute Gasteiger partial charge is 0.137 e. The van der Waals surface area contributed by atoms with Gasteiger partial charge < -0.3 is 4.40 Å². The van der Waals surface area contributed by atoms with Gasteiger partial charge in [0.25, 0.3) is 0 Å². The summed E-state index contributed by atoms with van der Waals surface area (Å²) in [5.74, 6) is 0. The van der Waals surface area contributed by atoms with E-state index in [1.54, 1.807) is 0 Å². The van der Waals surface area contributed by atoms with Gasteiger partial charge in [-0.3, -0.25) is 0 Å².